The zero-order valence-corrected chi connectivity index (χ0v) is 20.0. The van der Waals surface area contributed by atoms with Gasteiger partial charge in [0.05, 0.1) is 17.3 Å². The van der Waals surface area contributed by atoms with Crippen LogP contribution >= 0.6 is 11.8 Å². The van der Waals surface area contributed by atoms with E-state index in [1.165, 1.54) is 4.90 Å². The Kier molecular flexibility index (Phi) is 5.48. The number of amides is 2. The van der Waals surface area contributed by atoms with E-state index in [1.807, 2.05) is 53.1 Å². The molecule has 2 aromatic heterocycles. The molecule has 1 N–H and O–H groups in total. The highest BCUT2D eigenvalue weighted by atomic mass is 32.2. The molecule has 1 saturated carbocycles. The monoisotopic (exact) mass is 444 g/mol. The molecule has 2 amide bonds. The minimum Gasteiger partial charge on any atom is -0.444 e. The van der Waals surface area contributed by atoms with E-state index >= 15 is 0 Å². The fraction of sp³-hybridized carbons (Fsp3) is 0.609. The molecule has 1 aliphatic heterocycles. The van der Waals surface area contributed by atoms with E-state index in [-0.39, 0.29) is 29.8 Å². The summed E-state index contributed by atoms with van der Waals surface area (Å²) in [7, 11) is 0. The van der Waals surface area contributed by atoms with Crippen LogP contribution in [0.3, 0.4) is 0 Å². The molecular weight excluding hydrogens is 412 g/mol. The van der Waals surface area contributed by atoms with Crippen molar-refractivity contribution >= 4 is 29.3 Å². The quantitative estimate of drug-likeness (QED) is 0.708. The first-order valence-corrected chi connectivity index (χ1v) is 11.9. The van der Waals surface area contributed by atoms with Gasteiger partial charge >= 0.3 is 6.09 Å². The van der Waals surface area contributed by atoms with Gasteiger partial charge in [0.2, 0.25) is 5.91 Å². The van der Waals surface area contributed by atoms with Crippen LogP contribution in [0.1, 0.15) is 47.4 Å². The molecule has 0 spiro atoms. The summed E-state index contributed by atoms with van der Waals surface area (Å²) in [6, 6.07) is 4.12. The van der Waals surface area contributed by atoms with E-state index in [1.54, 1.807) is 16.7 Å². The summed E-state index contributed by atoms with van der Waals surface area (Å²) >= 11 is 1.78. The standard InChI is InChI=1S/C23H32N4O3S/c1-7-31-17-9-8-10-27-16(17)11-24-20(27)23(5,6)25-19(28)18-14-12-26(13-15(14)18)21(29)30-22(2,3)4/h8-11,14-15,18H,7,12-13H2,1-6H3,(H,25,28)/t14-,15+,18+. The van der Waals surface area contributed by atoms with Gasteiger partial charge in [-0.2, -0.15) is 0 Å². The third-order valence-corrected chi connectivity index (χ3v) is 6.92. The Morgan fingerprint density at radius 3 is 2.52 bits per heavy atom. The minimum absolute atomic E-state index is 0.0414. The van der Waals surface area contributed by atoms with Crippen molar-refractivity contribution in [2.45, 2.75) is 57.6 Å². The lowest BCUT2D eigenvalue weighted by molar-refractivity contribution is -0.125. The molecule has 1 aliphatic carbocycles. The number of thioether (sulfide) groups is 1. The van der Waals surface area contributed by atoms with Crippen LogP contribution < -0.4 is 5.32 Å². The van der Waals surface area contributed by atoms with Gasteiger partial charge in [-0.25, -0.2) is 9.78 Å². The molecule has 8 heteroatoms. The molecular formula is C23H32N4O3S. The summed E-state index contributed by atoms with van der Waals surface area (Å²) in [4.78, 5) is 32.9. The van der Waals surface area contributed by atoms with E-state index in [0.29, 0.717) is 13.1 Å². The Morgan fingerprint density at radius 2 is 1.90 bits per heavy atom. The molecule has 168 valence electrons. The number of aromatic nitrogens is 2. The molecule has 0 bridgehead atoms. The lowest BCUT2D eigenvalue weighted by Gasteiger charge is -2.27. The minimum atomic E-state index is -0.610. The first kappa shape index (κ1) is 22.0. The van der Waals surface area contributed by atoms with Crippen molar-refractivity contribution < 1.29 is 14.3 Å². The molecule has 0 unspecified atom stereocenters. The maximum Gasteiger partial charge on any atom is 0.410 e. The highest BCUT2D eigenvalue weighted by Crippen LogP contribution is 2.52. The molecule has 7 nitrogen and oxygen atoms in total. The SMILES string of the molecule is CCSc1cccn2c(C(C)(C)NC(=O)[C@H]3[C@@H]4CN(C(=O)OC(C)(C)C)C[C@@H]43)ncc12. The van der Waals surface area contributed by atoms with Crippen LogP contribution in [0.4, 0.5) is 4.79 Å². The summed E-state index contributed by atoms with van der Waals surface area (Å²) in [5, 5.41) is 3.21. The summed E-state index contributed by atoms with van der Waals surface area (Å²) in [6.45, 7) is 12.9. The number of nitrogens with one attached hydrogen (secondary N) is 1. The predicted molar refractivity (Wildman–Crippen MR) is 121 cm³/mol. The number of rotatable bonds is 5. The predicted octanol–water partition coefficient (Wildman–Crippen LogP) is 3.91. The van der Waals surface area contributed by atoms with Crippen LogP contribution in [0.5, 0.6) is 0 Å². The maximum absolute atomic E-state index is 13.1. The summed E-state index contributed by atoms with van der Waals surface area (Å²) < 4.78 is 7.52. The van der Waals surface area contributed by atoms with E-state index in [0.717, 1.165) is 17.1 Å². The molecule has 3 heterocycles. The second-order valence-electron chi connectivity index (χ2n) is 10.00. The highest BCUT2D eigenvalue weighted by molar-refractivity contribution is 7.99. The number of carbonyl (C=O) groups excluding carboxylic acids is 2. The van der Waals surface area contributed by atoms with Gasteiger partial charge in [-0.15, -0.1) is 11.8 Å². The van der Waals surface area contributed by atoms with Crippen LogP contribution in [-0.2, 0) is 15.1 Å². The van der Waals surface area contributed by atoms with Gasteiger partial charge in [0.15, 0.2) is 0 Å². The van der Waals surface area contributed by atoms with Crippen LogP contribution in [0.2, 0.25) is 0 Å². The smallest absolute Gasteiger partial charge is 0.410 e. The molecule has 3 atom stereocenters. The van der Waals surface area contributed by atoms with Crippen molar-refractivity contribution in [3.8, 4) is 0 Å². The highest BCUT2D eigenvalue weighted by Gasteiger charge is 2.61. The van der Waals surface area contributed by atoms with Gasteiger partial charge in [-0.05, 0) is 64.3 Å². The van der Waals surface area contributed by atoms with E-state index in [4.69, 9.17) is 4.74 Å². The van der Waals surface area contributed by atoms with Crippen molar-refractivity contribution in [3.05, 3.63) is 30.4 Å². The maximum atomic E-state index is 13.1. The third-order valence-electron chi connectivity index (χ3n) is 5.98. The van der Waals surface area contributed by atoms with E-state index in [9.17, 15) is 9.59 Å². The zero-order valence-electron chi connectivity index (χ0n) is 19.1. The van der Waals surface area contributed by atoms with Crippen LogP contribution in [0.25, 0.3) is 5.52 Å². The summed E-state index contributed by atoms with van der Waals surface area (Å²) in [6.07, 6.45) is 3.59. The number of ether oxygens (including phenoxy) is 1. The number of fused-ring (bicyclic) bond motifs is 2. The van der Waals surface area contributed by atoms with Crippen molar-refractivity contribution in [2.24, 2.45) is 17.8 Å². The first-order valence-electron chi connectivity index (χ1n) is 10.9. The number of nitrogens with zero attached hydrogens (tertiary/aromatic N) is 3. The fourth-order valence-electron chi connectivity index (χ4n) is 4.57. The molecule has 1 saturated heterocycles. The lowest BCUT2D eigenvalue weighted by Crippen LogP contribution is -2.45. The number of hydrogen-bond donors (Lipinski definition) is 1. The van der Waals surface area contributed by atoms with Gasteiger partial charge in [-0.1, -0.05) is 6.92 Å². The van der Waals surface area contributed by atoms with Crippen molar-refractivity contribution in [2.75, 3.05) is 18.8 Å². The van der Waals surface area contributed by atoms with Gasteiger partial charge in [-0.3, -0.25) is 4.79 Å². The van der Waals surface area contributed by atoms with Crippen molar-refractivity contribution in [1.82, 2.24) is 19.6 Å². The number of carbonyl (C=O) groups is 2. The molecule has 2 aliphatic rings. The van der Waals surface area contributed by atoms with Crippen molar-refractivity contribution in [1.29, 1.82) is 0 Å². The van der Waals surface area contributed by atoms with Gasteiger partial charge in [0, 0.05) is 30.1 Å². The average molecular weight is 445 g/mol. The first-order chi connectivity index (χ1) is 14.5. The Morgan fingerprint density at radius 1 is 1.23 bits per heavy atom. The number of hydrogen-bond acceptors (Lipinski definition) is 5. The number of piperidine rings is 1. The Bertz CT molecular complexity index is 998. The molecule has 2 aromatic rings. The molecule has 4 rings (SSSR count). The second kappa shape index (κ2) is 7.73. The average Bonchev–Trinajstić information content (AvgIpc) is 3.02. The topological polar surface area (TPSA) is 75.9 Å². The van der Waals surface area contributed by atoms with Crippen LogP contribution in [-0.4, -0.2) is 50.7 Å². The normalized spacial score (nSPS) is 23.0. The Labute approximate surface area is 187 Å². The largest absolute Gasteiger partial charge is 0.444 e. The van der Waals surface area contributed by atoms with Crippen LogP contribution in [0.15, 0.2) is 29.4 Å². The molecule has 31 heavy (non-hydrogen) atoms. The molecule has 0 radical (unpaired) electrons. The number of likely N-dealkylation sites (tertiary alicyclic amines) is 1. The number of pyridine rings is 1. The molecule has 2 fully saturated rings. The van der Waals surface area contributed by atoms with Crippen LogP contribution in [0, 0.1) is 17.8 Å². The fourth-order valence-corrected chi connectivity index (χ4v) is 5.36. The summed E-state index contributed by atoms with van der Waals surface area (Å²) in [5.41, 5.74) is -0.0589. The Hall–Kier alpha value is -2.22. The lowest BCUT2D eigenvalue weighted by atomic mass is 10.0. The Balaban J connectivity index is 1.41. The second-order valence-corrected chi connectivity index (χ2v) is 11.3. The summed E-state index contributed by atoms with van der Waals surface area (Å²) in [5.74, 6) is 2.23. The van der Waals surface area contributed by atoms with Crippen molar-refractivity contribution in [3.63, 3.8) is 0 Å². The van der Waals surface area contributed by atoms with E-state index in [2.05, 4.69) is 27.7 Å². The zero-order chi connectivity index (χ0) is 22.6. The third kappa shape index (κ3) is 4.27. The van der Waals surface area contributed by atoms with Gasteiger partial charge in [0.25, 0.3) is 0 Å². The van der Waals surface area contributed by atoms with E-state index < -0.39 is 11.1 Å². The van der Waals surface area contributed by atoms with Gasteiger partial charge in [0.1, 0.15) is 11.4 Å². The number of imidazole rings is 1. The molecule has 0 aromatic carbocycles. The van der Waals surface area contributed by atoms with Gasteiger partial charge < -0.3 is 19.4 Å².